The lowest BCUT2D eigenvalue weighted by Gasteiger charge is -2.35. The summed E-state index contributed by atoms with van der Waals surface area (Å²) in [5.41, 5.74) is -0.472. The summed E-state index contributed by atoms with van der Waals surface area (Å²) in [5, 5.41) is 8.86. The number of aromatic nitrogens is 1. The van der Waals surface area contributed by atoms with Crippen LogP contribution in [0, 0.1) is 0 Å². The van der Waals surface area contributed by atoms with E-state index in [4.69, 9.17) is 19.3 Å². The fourth-order valence-corrected chi connectivity index (χ4v) is 2.50. The monoisotopic (exact) mass is 367 g/mol. The van der Waals surface area contributed by atoms with E-state index in [1.807, 2.05) is 20.8 Å². The van der Waals surface area contributed by atoms with Crippen LogP contribution in [0.2, 0.25) is 0 Å². The minimum Gasteiger partial charge on any atom is -0.486 e. The molecule has 0 unspecified atom stereocenters. The molecule has 1 N–H and O–H groups in total. The molecule has 1 aromatic heterocycles. The molecule has 146 valence electrons. The summed E-state index contributed by atoms with van der Waals surface area (Å²) in [6.45, 7) is 9.80. The maximum Gasteiger partial charge on any atom is 0.410 e. The van der Waals surface area contributed by atoms with Crippen molar-refractivity contribution in [1.29, 1.82) is 0 Å². The van der Waals surface area contributed by atoms with Crippen LogP contribution < -0.4 is 9.47 Å². The summed E-state index contributed by atoms with van der Waals surface area (Å²) in [6, 6.07) is 3.52. The van der Waals surface area contributed by atoms with E-state index in [1.54, 1.807) is 23.2 Å². The Bertz CT molecular complexity index is 568. The zero-order valence-corrected chi connectivity index (χ0v) is 15.8. The Balaban J connectivity index is 1.72. The lowest BCUT2D eigenvalue weighted by Crippen LogP contribution is -2.50. The smallest absolute Gasteiger partial charge is 0.410 e. The summed E-state index contributed by atoms with van der Waals surface area (Å²) >= 11 is 0. The van der Waals surface area contributed by atoms with E-state index in [2.05, 4.69) is 9.88 Å². The van der Waals surface area contributed by atoms with Gasteiger partial charge in [0.1, 0.15) is 18.8 Å². The van der Waals surface area contributed by atoms with E-state index in [1.165, 1.54) is 0 Å². The van der Waals surface area contributed by atoms with Gasteiger partial charge >= 0.3 is 6.09 Å². The number of carbonyl (C=O) groups is 1. The number of carbonyl (C=O) groups excluding carboxylic acids is 1. The van der Waals surface area contributed by atoms with Crippen LogP contribution in [0.5, 0.6) is 11.6 Å². The molecule has 1 aliphatic rings. The zero-order valence-electron chi connectivity index (χ0n) is 15.8. The molecule has 8 heteroatoms. The maximum absolute atomic E-state index is 12.1. The third-order valence-corrected chi connectivity index (χ3v) is 3.76. The van der Waals surface area contributed by atoms with Crippen LogP contribution >= 0.6 is 0 Å². The molecule has 0 bridgehead atoms. The van der Waals surface area contributed by atoms with Crippen molar-refractivity contribution < 1.29 is 24.1 Å². The number of ether oxygens (including phenoxy) is 3. The number of nitrogens with zero attached hydrogens (tertiary/aromatic N) is 3. The van der Waals surface area contributed by atoms with Gasteiger partial charge in [-0.1, -0.05) is 0 Å². The molecule has 0 aliphatic carbocycles. The van der Waals surface area contributed by atoms with Gasteiger partial charge in [0, 0.05) is 38.9 Å². The van der Waals surface area contributed by atoms with Crippen molar-refractivity contribution in [2.45, 2.75) is 26.4 Å². The van der Waals surface area contributed by atoms with Crippen LogP contribution in [-0.4, -0.2) is 84.1 Å². The minimum atomic E-state index is -0.472. The van der Waals surface area contributed by atoms with Gasteiger partial charge in [-0.15, -0.1) is 0 Å². The Labute approximate surface area is 154 Å². The van der Waals surface area contributed by atoms with E-state index in [9.17, 15) is 4.79 Å². The summed E-state index contributed by atoms with van der Waals surface area (Å²) in [6.07, 6.45) is 1.38. The highest BCUT2D eigenvalue weighted by Crippen LogP contribution is 2.23. The second-order valence-electron chi connectivity index (χ2n) is 7.04. The lowest BCUT2D eigenvalue weighted by atomic mass is 10.2. The van der Waals surface area contributed by atoms with Gasteiger partial charge in [-0.05, 0) is 32.9 Å². The van der Waals surface area contributed by atoms with E-state index in [-0.39, 0.29) is 19.3 Å². The SMILES string of the molecule is CC(C)(C)OC(=O)N1CCN(CCOc2ncccc2OCCO)CC1. The van der Waals surface area contributed by atoms with E-state index in [0.29, 0.717) is 31.3 Å². The predicted molar refractivity (Wildman–Crippen MR) is 96.6 cm³/mol. The van der Waals surface area contributed by atoms with E-state index < -0.39 is 5.60 Å². The molecule has 1 fully saturated rings. The number of hydrogen-bond donors (Lipinski definition) is 1. The molecule has 0 atom stereocenters. The maximum atomic E-state index is 12.1. The molecule has 0 saturated carbocycles. The van der Waals surface area contributed by atoms with Crippen molar-refractivity contribution in [2.24, 2.45) is 0 Å². The molecular formula is C18H29N3O5. The van der Waals surface area contributed by atoms with Crippen molar-refractivity contribution in [2.75, 3.05) is 52.5 Å². The van der Waals surface area contributed by atoms with Gasteiger partial charge in [0.05, 0.1) is 6.61 Å². The van der Waals surface area contributed by atoms with Gasteiger partial charge in [-0.3, -0.25) is 4.90 Å². The Kier molecular flexibility index (Phi) is 7.47. The molecule has 8 nitrogen and oxygen atoms in total. The molecular weight excluding hydrogens is 338 g/mol. The van der Waals surface area contributed by atoms with Crippen molar-refractivity contribution in [3.8, 4) is 11.6 Å². The number of hydrogen-bond acceptors (Lipinski definition) is 7. The largest absolute Gasteiger partial charge is 0.486 e. The third-order valence-electron chi connectivity index (χ3n) is 3.76. The van der Waals surface area contributed by atoms with Crippen molar-refractivity contribution in [1.82, 2.24) is 14.8 Å². The summed E-state index contributed by atoms with van der Waals surface area (Å²) < 4.78 is 16.5. The Morgan fingerprint density at radius 3 is 2.58 bits per heavy atom. The number of rotatable bonds is 7. The van der Waals surface area contributed by atoms with Crippen molar-refractivity contribution >= 4 is 6.09 Å². The number of piperazine rings is 1. The molecule has 1 aromatic rings. The highest BCUT2D eigenvalue weighted by atomic mass is 16.6. The first-order valence-corrected chi connectivity index (χ1v) is 8.91. The fraction of sp³-hybridized carbons (Fsp3) is 0.667. The number of aliphatic hydroxyl groups excluding tert-OH is 1. The Hall–Kier alpha value is -2.06. The third kappa shape index (κ3) is 6.68. The lowest BCUT2D eigenvalue weighted by molar-refractivity contribution is 0.0136. The van der Waals surface area contributed by atoms with E-state index >= 15 is 0 Å². The van der Waals surface area contributed by atoms with Crippen LogP contribution in [0.3, 0.4) is 0 Å². The van der Waals surface area contributed by atoms with Crippen LogP contribution in [0.15, 0.2) is 18.3 Å². The number of pyridine rings is 1. The summed E-state index contributed by atoms with van der Waals surface area (Å²) in [5.74, 6) is 0.949. The van der Waals surface area contributed by atoms with Crippen LogP contribution in [0.4, 0.5) is 4.79 Å². The number of amides is 1. The topological polar surface area (TPSA) is 84.4 Å². The standard InChI is InChI=1S/C18H29N3O5/c1-18(2,3)26-17(23)21-9-7-20(8-10-21)11-13-25-16-15(24-14-12-22)5-4-6-19-16/h4-6,22H,7-14H2,1-3H3. The molecule has 0 aromatic carbocycles. The van der Waals surface area contributed by atoms with Crippen molar-refractivity contribution in [3.05, 3.63) is 18.3 Å². The van der Waals surface area contributed by atoms with Gasteiger partial charge in [-0.2, -0.15) is 0 Å². The number of aliphatic hydroxyl groups is 1. The van der Waals surface area contributed by atoms with E-state index in [0.717, 1.165) is 19.6 Å². The highest BCUT2D eigenvalue weighted by molar-refractivity contribution is 5.68. The minimum absolute atomic E-state index is 0.0593. The average Bonchev–Trinajstić information content (AvgIpc) is 2.60. The van der Waals surface area contributed by atoms with Gasteiger partial charge in [0.15, 0.2) is 5.75 Å². The summed E-state index contributed by atoms with van der Waals surface area (Å²) in [4.78, 5) is 20.2. The molecule has 1 saturated heterocycles. The predicted octanol–water partition coefficient (Wildman–Crippen LogP) is 1.38. The highest BCUT2D eigenvalue weighted by Gasteiger charge is 2.25. The molecule has 2 rings (SSSR count). The zero-order chi connectivity index (χ0) is 19.0. The van der Waals surface area contributed by atoms with Crippen LogP contribution in [0.1, 0.15) is 20.8 Å². The molecule has 2 heterocycles. The van der Waals surface area contributed by atoms with Crippen LogP contribution in [0.25, 0.3) is 0 Å². The molecule has 0 spiro atoms. The molecule has 26 heavy (non-hydrogen) atoms. The fourth-order valence-electron chi connectivity index (χ4n) is 2.50. The first-order valence-electron chi connectivity index (χ1n) is 8.91. The normalized spacial score (nSPS) is 15.6. The van der Waals surface area contributed by atoms with Gasteiger partial charge in [0.2, 0.25) is 0 Å². The second kappa shape index (κ2) is 9.59. The van der Waals surface area contributed by atoms with Gasteiger partial charge < -0.3 is 24.2 Å². The first kappa shape index (κ1) is 20.3. The Morgan fingerprint density at radius 1 is 1.19 bits per heavy atom. The average molecular weight is 367 g/mol. The molecule has 1 aliphatic heterocycles. The first-order chi connectivity index (χ1) is 12.4. The second-order valence-corrected chi connectivity index (χ2v) is 7.04. The summed E-state index contributed by atoms with van der Waals surface area (Å²) in [7, 11) is 0. The van der Waals surface area contributed by atoms with Crippen LogP contribution in [-0.2, 0) is 4.74 Å². The van der Waals surface area contributed by atoms with Crippen molar-refractivity contribution in [3.63, 3.8) is 0 Å². The molecule has 0 radical (unpaired) electrons. The molecule has 1 amide bonds. The Morgan fingerprint density at radius 2 is 1.92 bits per heavy atom. The van der Waals surface area contributed by atoms with Gasteiger partial charge in [-0.25, -0.2) is 9.78 Å². The quantitative estimate of drug-likeness (QED) is 0.779. The van der Waals surface area contributed by atoms with Gasteiger partial charge in [0.25, 0.3) is 5.88 Å².